The van der Waals surface area contributed by atoms with Gasteiger partial charge in [0.05, 0.1) is 6.61 Å². The predicted molar refractivity (Wildman–Crippen MR) is 63.5 cm³/mol. The van der Waals surface area contributed by atoms with Gasteiger partial charge in [-0.05, 0) is 0 Å². The Morgan fingerprint density at radius 3 is 1.81 bits per heavy atom. The number of aliphatic hydroxyl groups excluding tert-OH is 1. The number of esters is 3. The van der Waals surface area contributed by atoms with Crippen molar-refractivity contribution < 1.29 is 42.8 Å². The monoisotopic (exact) mass is 308 g/mol. The highest BCUT2D eigenvalue weighted by Gasteiger charge is 2.51. The van der Waals surface area contributed by atoms with Crippen molar-refractivity contribution >= 4 is 17.9 Å². The minimum absolute atomic E-state index is 0.678. The Balaban J connectivity index is 3.08. The van der Waals surface area contributed by atoms with E-state index in [1.165, 1.54) is 0 Å². The van der Waals surface area contributed by atoms with Crippen LogP contribution in [0.1, 0.15) is 20.8 Å². The zero-order chi connectivity index (χ0) is 16.2. The summed E-state index contributed by atoms with van der Waals surface area (Å²) in [6.07, 6.45) is -7.70. The molecule has 9 heteroatoms. The summed E-state index contributed by atoms with van der Waals surface area (Å²) in [5.41, 5.74) is 0. The van der Waals surface area contributed by atoms with Crippen LogP contribution >= 0.6 is 0 Å². The summed E-state index contributed by atoms with van der Waals surface area (Å²) in [6, 6.07) is 0. The maximum atomic E-state index is 13.9. The Morgan fingerprint density at radius 2 is 1.38 bits per heavy atom. The molecule has 5 atom stereocenters. The second kappa shape index (κ2) is 7.32. The average Bonchev–Trinajstić information content (AvgIpc) is 2.35. The number of carbonyl (C=O) groups excluding carboxylic acids is 3. The fourth-order valence-electron chi connectivity index (χ4n) is 1.99. The van der Waals surface area contributed by atoms with Gasteiger partial charge in [0.15, 0.2) is 18.3 Å². The molecule has 0 radical (unpaired) electrons. The lowest BCUT2D eigenvalue weighted by Crippen LogP contribution is -2.61. The van der Waals surface area contributed by atoms with Gasteiger partial charge in [-0.2, -0.15) is 0 Å². The van der Waals surface area contributed by atoms with Gasteiger partial charge in [-0.25, -0.2) is 4.39 Å². The number of hydrogen-bond donors (Lipinski definition) is 1. The number of halogens is 1. The predicted octanol–water partition coefficient (Wildman–Crippen LogP) is -0.532. The van der Waals surface area contributed by atoms with E-state index < -0.39 is 55.3 Å². The number of ether oxygens (including phenoxy) is 4. The second-order valence-corrected chi connectivity index (χ2v) is 4.43. The maximum Gasteiger partial charge on any atom is 0.303 e. The molecule has 0 aliphatic carbocycles. The largest absolute Gasteiger partial charge is 0.456 e. The molecule has 120 valence electrons. The summed E-state index contributed by atoms with van der Waals surface area (Å²) in [6.45, 7) is 2.51. The first-order chi connectivity index (χ1) is 9.76. The van der Waals surface area contributed by atoms with Gasteiger partial charge in [-0.1, -0.05) is 0 Å². The van der Waals surface area contributed by atoms with Gasteiger partial charge in [0, 0.05) is 20.8 Å². The van der Waals surface area contributed by atoms with Crippen LogP contribution in [0.15, 0.2) is 0 Å². The van der Waals surface area contributed by atoms with Gasteiger partial charge >= 0.3 is 17.9 Å². The van der Waals surface area contributed by atoms with Crippen LogP contribution in [-0.2, 0) is 33.3 Å². The lowest BCUT2D eigenvalue weighted by atomic mass is 9.99. The molecule has 1 rings (SSSR count). The Hall–Kier alpha value is -1.74. The standard InChI is InChI=1S/C12H17FO8/c1-5(15)18-9-8(4-14)21-12(13)11(20-7(3)17)10(9)19-6(2)16/h8-12,14H,4H2,1-3H3/t8-,9+,10+,11-,12-/m1/s1. The van der Waals surface area contributed by atoms with Crippen molar-refractivity contribution in [3.8, 4) is 0 Å². The molecule has 1 N–H and O–H groups in total. The first-order valence-corrected chi connectivity index (χ1v) is 6.18. The highest BCUT2D eigenvalue weighted by Crippen LogP contribution is 2.29. The molecule has 1 aliphatic rings. The van der Waals surface area contributed by atoms with Crippen LogP contribution in [0.2, 0.25) is 0 Å². The molecule has 8 nitrogen and oxygen atoms in total. The van der Waals surface area contributed by atoms with E-state index in [-0.39, 0.29) is 0 Å². The Morgan fingerprint density at radius 1 is 0.952 bits per heavy atom. The van der Waals surface area contributed by atoms with Crippen molar-refractivity contribution in [2.75, 3.05) is 6.61 Å². The number of rotatable bonds is 4. The third-order valence-electron chi connectivity index (χ3n) is 2.66. The van der Waals surface area contributed by atoms with Crippen molar-refractivity contribution in [2.45, 2.75) is 51.5 Å². The van der Waals surface area contributed by atoms with Crippen molar-refractivity contribution in [1.82, 2.24) is 0 Å². The van der Waals surface area contributed by atoms with Crippen LogP contribution in [0.3, 0.4) is 0 Å². The molecule has 0 aromatic rings. The molecule has 0 amide bonds. The lowest BCUT2D eigenvalue weighted by molar-refractivity contribution is -0.276. The minimum atomic E-state index is -2.14. The molecule has 1 fully saturated rings. The van der Waals surface area contributed by atoms with Gasteiger partial charge in [-0.15, -0.1) is 0 Å². The Bertz CT molecular complexity index is 412. The highest BCUT2D eigenvalue weighted by atomic mass is 19.1. The van der Waals surface area contributed by atoms with E-state index in [0.717, 1.165) is 20.8 Å². The molecule has 1 aliphatic heterocycles. The summed E-state index contributed by atoms with van der Waals surface area (Å²) < 4.78 is 33.3. The summed E-state index contributed by atoms with van der Waals surface area (Å²) in [5, 5.41) is 9.18. The smallest absolute Gasteiger partial charge is 0.303 e. The molecule has 0 aromatic carbocycles. The maximum absolute atomic E-state index is 13.9. The fraction of sp³-hybridized carbons (Fsp3) is 0.750. The molecule has 0 unspecified atom stereocenters. The van der Waals surface area contributed by atoms with Gasteiger partial charge in [0.2, 0.25) is 6.36 Å². The summed E-state index contributed by atoms with van der Waals surface area (Å²) in [4.78, 5) is 33.3. The molecule has 1 heterocycles. The van der Waals surface area contributed by atoms with Crippen LogP contribution < -0.4 is 0 Å². The molecular formula is C12H17FO8. The zero-order valence-corrected chi connectivity index (χ0v) is 11.8. The number of carbonyl (C=O) groups is 3. The van der Waals surface area contributed by atoms with Crippen molar-refractivity contribution in [1.29, 1.82) is 0 Å². The van der Waals surface area contributed by atoms with E-state index in [9.17, 15) is 23.9 Å². The van der Waals surface area contributed by atoms with Crippen molar-refractivity contribution in [3.63, 3.8) is 0 Å². The molecule has 21 heavy (non-hydrogen) atoms. The molecular weight excluding hydrogens is 291 g/mol. The van der Waals surface area contributed by atoms with Crippen molar-refractivity contribution in [2.24, 2.45) is 0 Å². The second-order valence-electron chi connectivity index (χ2n) is 4.43. The summed E-state index contributed by atoms with van der Waals surface area (Å²) in [7, 11) is 0. The SMILES string of the molecule is CC(=O)O[C@@H]1[C@@H](OC(C)=O)[C@H](F)O[C@H](CO)[C@@H]1OC(C)=O. The third-order valence-corrected chi connectivity index (χ3v) is 2.66. The summed E-state index contributed by atoms with van der Waals surface area (Å²) in [5.74, 6) is -2.37. The number of alkyl halides is 1. The topological polar surface area (TPSA) is 108 Å². The molecule has 0 saturated carbocycles. The molecule has 1 saturated heterocycles. The van der Waals surface area contributed by atoms with Gasteiger partial charge in [0.1, 0.15) is 6.10 Å². The fourth-order valence-corrected chi connectivity index (χ4v) is 1.99. The Labute approximate surface area is 120 Å². The zero-order valence-electron chi connectivity index (χ0n) is 11.8. The van der Waals surface area contributed by atoms with E-state index >= 15 is 0 Å². The summed E-state index contributed by atoms with van der Waals surface area (Å²) >= 11 is 0. The van der Waals surface area contributed by atoms with Gasteiger partial charge in [-0.3, -0.25) is 14.4 Å². The van der Waals surface area contributed by atoms with E-state index in [1.807, 2.05) is 0 Å². The molecule has 0 bridgehead atoms. The first-order valence-electron chi connectivity index (χ1n) is 6.18. The highest BCUT2D eigenvalue weighted by molar-refractivity contribution is 5.68. The van der Waals surface area contributed by atoms with Crippen LogP contribution in [0.4, 0.5) is 4.39 Å². The van der Waals surface area contributed by atoms with Crippen LogP contribution in [-0.4, -0.2) is 60.4 Å². The van der Waals surface area contributed by atoms with Crippen molar-refractivity contribution in [3.05, 3.63) is 0 Å². The average molecular weight is 308 g/mol. The Kier molecular flexibility index (Phi) is 6.03. The minimum Gasteiger partial charge on any atom is -0.456 e. The van der Waals surface area contributed by atoms with E-state index in [1.54, 1.807) is 0 Å². The first kappa shape index (κ1) is 17.3. The van der Waals surface area contributed by atoms with Gasteiger partial charge in [0.25, 0.3) is 0 Å². The van der Waals surface area contributed by atoms with Crippen LogP contribution in [0, 0.1) is 0 Å². The van der Waals surface area contributed by atoms with E-state index in [2.05, 4.69) is 0 Å². The molecule has 0 spiro atoms. The number of hydrogen-bond acceptors (Lipinski definition) is 8. The van der Waals surface area contributed by atoms with Crippen LogP contribution in [0.5, 0.6) is 0 Å². The number of aliphatic hydroxyl groups is 1. The lowest BCUT2D eigenvalue weighted by Gasteiger charge is -2.41. The van der Waals surface area contributed by atoms with Crippen LogP contribution in [0.25, 0.3) is 0 Å². The quantitative estimate of drug-likeness (QED) is 0.545. The molecule has 0 aromatic heterocycles. The van der Waals surface area contributed by atoms with E-state index in [4.69, 9.17) is 18.9 Å². The normalized spacial score (nSPS) is 32.1. The third kappa shape index (κ3) is 4.64. The van der Waals surface area contributed by atoms with E-state index in [0.29, 0.717) is 0 Å². The van der Waals surface area contributed by atoms with Gasteiger partial charge < -0.3 is 24.1 Å².